The molecule has 0 aromatic heterocycles. The van der Waals surface area contributed by atoms with Gasteiger partial charge in [-0.25, -0.2) is 0 Å². The standard InChI is InChI=1S/C12H28N2O/c1-5-6-7-13-8-9-14(12(2)3)10-11-15-4/h12-13H,5-11H2,1-4H3. The van der Waals surface area contributed by atoms with Crippen molar-refractivity contribution in [3.8, 4) is 0 Å². The maximum absolute atomic E-state index is 5.11. The van der Waals surface area contributed by atoms with Crippen LogP contribution < -0.4 is 5.32 Å². The van der Waals surface area contributed by atoms with Crippen molar-refractivity contribution in [2.24, 2.45) is 0 Å². The summed E-state index contributed by atoms with van der Waals surface area (Å²) in [6.07, 6.45) is 2.55. The van der Waals surface area contributed by atoms with Crippen LogP contribution in [0.25, 0.3) is 0 Å². The summed E-state index contributed by atoms with van der Waals surface area (Å²) in [6.45, 7) is 11.9. The molecule has 0 spiro atoms. The topological polar surface area (TPSA) is 24.5 Å². The van der Waals surface area contributed by atoms with Crippen molar-refractivity contribution >= 4 is 0 Å². The molecule has 0 aromatic carbocycles. The monoisotopic (exact) mass is 216 g/mol. The van der Waals surface area contributed by atoms with Gasteiger partial charge in [-0.3, -0.25) is 4.90 Å². The molecule has 3 nitrogen and oxygen atoms in total. The molecule has 0 radical (unpaired) electrons. The molecule has 0 heterocycles. The molecule has 92 valence electrons. The first-order valence-electron chi connectivity index (χ1n) is 6.16. The van der Waals surface area contributed by atoms with Crippen molar-refractivity contribution < 1.29 is 4.74 Å². The Labute approximate surface area is 95.2 Å². The molecule has 0 aromatic rings. The Morgan fingerprint density at radius 2 is 1.93 bits per heavy atom. The van der Waals surface area contributed by atoms with E-state index in [4.69, 9.17) is 4.74 Å². The molecule has 0 rings (SSSR count). The van der Waals surface area contributed by atoms with Crippen LogP contribution in [0.4, 0.5) is 0 Å². The molecule has 0 saturated carbocycles. The minimum Gasteiger partial charge on any atom is -0.383 e. The number of methoxy groups -OCH3 is 1. The summed E-state index contributed by atoms with van der Waals surface area (Å²) in [6, 6.07) is 0.605. The first-order valence-corrected chi connectivity index (χ1v) is 6.16. The Hall–Kier alpha value is -0.120. The highest BCUT2D eigenvalue weighted by molar-refractivity contribution is 4.63. The van der Waals surface area contributed by atoms with Crippen LogP contribution in [0.1, 0.15) is 33.6 Å². The molecular weight excluding hydrogens is 188 g/mol. The van der Waals surface area contributed by atoms with Crippen molar-refractivity contribution in [1.29, 1.82) is 0 Å². The van der Waals surface area contributed by atoms with Gasteiger partial charge in [-0.1, -0.05) is 13.3 Å². The van der Waals surface area contributed by atoms with E-state index in [2.05, 4.69) is 31.0 Å². The Morgan fingerprint density at radius 3 is 2.47 bits per heavy atom. The van der Waals surface area contributed by atoms with Crippen LogP contribution in [0.5, 0.6) is 0 Å². The number of ether oxygens (including phenoxy) is 1. The number of nitrogens with zero attached hydrogens (tertiary/aromatic N) is 1. The molecule has 0 bridgehead atoms. The van der Waals surface area contributed by atoms with Gasteiger partial charge in [0.15, 0.2) is 0 Å². The van der Waals surface area contributed by atoms with E-state index in [-0.39, 0.29) is 0 Å². The average Bonchev–Trinajstić information content (AvgIpc) is 2.21. The second kappa shape index (κ2) is 10.4. The van der Waals surface area contributed by atoms with Gasteiger partial charge >= 0.3 is 0 Å². The molecule has 0 aliphatic heterocycles. The highest BCUT2D eigenvalue weighted by Crippen LogP contribution is 1.96. The summed E-state index contributed by atoms with van der Waals surface area (Å²) in [5.41, 5.74) is 0. The SMILES string of the molecule is CCCCNCCN(CCOC)C(C)C. The van der Waals surface area contributed by atoms with Crippen LogP contribution >= 0.6 is 0 Å². The van der Waals surface area contributed by atoms with Gasteiger partial charge in [0.05, 0.1) is 6.61 Å². The molecule has 0 aliphatic rings. The minimum atomic E-state index is 0.605. The van der Waals surface area contributed by atoms with Crippen molar-refractivity contribution in [3.63, 3.8) is 0 Å². The van der Waals surface area contributed by atoms with E-state index in [1.165, 1.54) is 12.8 Å². The number of rotatable bonds is 10. The van der Waals surface area contributed by atoms with Crippen LogP contribution in [-0.2, 0) is 4.74 Å². The van der Waals surface area contributed by atoms with E-state index in [9.17, 15) is 0 Å². The van der Waals surface area contributed by atoms with Crippen LogP contribution in [0.3, 0.4) is 0 Å². The van der Waals surface area contributed by atoms with Gasteiger partial charge in [0.25, 0.3) is 0 Å². The molecule has 15 heavy (non-hydrogen) atoms. The van der Waals surface area contributed by atoms with E-state index in [0.29, 0.717) is 6.04 Å². The highest BCUT2D eigenvalue weighted by Gasteiger charge is 2.07. The third-order valence-electron chi connectivity index (χ3n) is 2.60. The Bertz CT molecular complexity index is 129. The fourth-order valence-electron chi connectivity index (χ4n) is 1.49. The van der Waals surface area contributed by atoms with Gasteiger partial charge in [0.1, 0.15) is 0 Å². The Kier molecular flexibility index (Phi) is 10.3. The summed E-state index contributed by atoms with van der Waals surface area (Å²) in [4.78, 5) is 2.45. The smallest absolute Gasteiger partial charge is 0.0589 e. The van der Waals surface area contributed by atoms with E-state index in [0.717, 1.165) is 32.8 Å². The van der Waals surface area contributed by atoms with Crippen LogP contribution in [0.2, 0.25) is 0 Å². The maximum atomic E-state index is 5.11. The first kappa shape index (κ1) is 14.9. The largest absolute Gasteiger partial charge is 0.383 e. The van der Waals surface area contributed by atoms with Crippen LogP contribution in [-0.4, -0.2) is 50.8 Å². The van der Waals surface area contributed by atoms with E-state index in [1.807, 2.05) is 0 Å². The van der Waals surface area contributed by atoms with E-state index >= 15 is 0 Å². The minimum absolute atomic E-state index is 0.605. The summed E-state index contributed by atoms with van der Waals surface area (Å²) in [5, 5.41) is 3.47. The lowest BCUT2D eigenvalue weighted by Gasteiger charge is -2.26. The quantitative estimate of drug-likeness (QED) is 0.563. The number of hydrogen-bond donors (Lipinski definition) is 1. The number of unbranched alkanes of at least 4 members (excludes halogenated alkanes) is 1. The van der Waals surface area contributed by atoms with Gasteiger partial charge < -0.3 is 10.1 Å². The second-order valence-corrected chi connectivity index (χ2v) is 4.23. The summed E-state index contributed by atoms with van der Waals surface area (Å²) < 4.78 is 5.11. The lowest BCUT2D eigenvalue weighted by molar-refractivity contribution is 0.130. The lowest BCUT2D eigenvalue weighted by Crippen LogP contribution is -2.39. The number of nitrogens with one attached hydrogen (secondary N) is 1. The molecule has 0 unspecified atom stereocenters. The van der Waals surface area contributed by atoms with Gasteiger partial charge in [-0.15, -0.1) is 0 Å². The van der Waals surface area contributed by atoms with Gasteiger partial charge in [-0.2, -0.15) is 0 Å². The van der Waals surface area contributed by atoms with Gasteiger partial charge in [0, 0.05) is 32.8 Å². The molecule has 3 heteroatoms. The predicted molar refractivity (Wildman–Crippen MR) is 66.4 cm³/mol. The number of hydrogen-bond acceptors (Lipinski definition) is 3. The lowest BCUT2D eigenvalue weighted by atomic mass is 10.3. The molecule has 0 fully saturated rings. The van der Waals surface area contributed by atoms with Gasteiger partial charge in [0.2, 0.25) is 0 Å². The zero-order valence-electron chi connectivity index (χ0n) is 10.9. The normalized spacial score (nSPS) is 11.6. The molecule has 0 atom stereocenters. The first-order chi connectivity index (χ1) is 7.22. The second-order valence-electron chi connectivity index (χ2n) is 4.23. The molecule has 0 aliphatic carbocycles. The third kappa shape index (κ3) is 8.85. The summed E-state index contributed by atoms with van der Waals surface area (Å²) in [7, 11) is 1.76. The van der Waals surface area contributed by atoms with Crippen molar-refractivity contribution in [1.82, 2.24) is 10.2 Å². The molecular formula is C12H28N2O. The summed E-state index contributed by atoms with van der Waals surface area (Å²) in [5.74, 6) is 0. The highest BCUT2D eigenvalue weighted by atomic mass is 16.5. The van der Waals surface area contributed by atoms with Crippen LogP contribution in [0.15, 0.2) is 0 Å². The van der Waals surface area contributed by atoms with E-state index in [1.54, 1.807) is 7.11 Å². The fourth-order valence-corrected chi connectivity index (χ4v) is 1.49. The Morgan fingerprint density at radius 1 is 1.20 bits per heavy atom. The molecule has 0 amide bonds. The van der Waals surface area contributed by atoms with Gasteiger partial charge in [-0.05, 0) is 26.8 Å². The van der Waals surface area contributed by atoms with Crippen molar-refractivity contribution in [3.05, 3.63) is 0 Å². The zero-order valence-corrected chi connectivity index (χ0v) is 10.9. The van der Waals surface area contributed by atoms with Crippen molar-refractivity contribution in [2.75, 3.05) is 39.9 Å². The van der Waals surface area contributed by atoms with E-state index < -0.39 is 0 Å². The third-order valence-corrected chi connectivity index (χ3v) is 2.60. The average molecular weight is 216 g/mol. The summed E-state index contributed by atoms with van der Waals surface area (Å²) >= 11 is 0. The molecule has 1 N–H and O–H groups in total. The maximum Gasteiger partial charge on any atom is 0.0589 e. The zero-order chi connectivity index (χ0) is 11.5. The predicted octanol–water partition coefficient (Wildman–Crippen LogP) is 1.73. The van der Waals surface area contributed by atoms with Crippen molar-refractivity contribution in [2.45, 2.75) is 39.7 Å². The molecule has 0 saturated heterocycles. The fraction of sp³-hybridized carbons (Fsp3) is 1.00. The van der Waals surface area contributed by atoms with Crippen LogP contribution in [0, 0.1) is 0 Å². The Balaban J connectivity index is 3.48.